The summed E-state index contributed by atoms with van der Waals surface area (Å²) in [5.41, 5.74) is 3.59. The quantitative estimate of drug-likeness (QED) is 0.723. The molecule has 1 aromatic rings. The van der Waals surface area contributed by atoms with E-state index in [0.717, 1.165) is 0 Å². The Kier molecular flexibility index (Phi) is 6.52. The van der Waals surface area contributed by atoms with Crippen molar-refractivity contribution in [3.05, 3.63) is 22.4 Å². The first-order chi connectivity index (χ1) is 10.1. The Bertz CT molecular complexity index is 529. The maximum Gasteiger partial charge on any atom is 0.405 e. The molecule has 0 saturated heterocycles. The summed E-state index contributed by atoms with van der Waals surface area (Å²) in [6.45, 7) is 5.42. The fourth-order valence-corrected chi connectivity index (χ4v) is 2.51. The molecule has 5 nitrogen and oxygen atoms in total. The van der Waals surface area contributed by atoms with E-state index in [1.807, 2.05) is 13.8 Å². The number of ether oxygens (including phenoxy) is 2. The topological polar surface area (TPSA) is 74.4 Å². The van der Waals surface area contributed by atoms with E-state index in [1.165, 1.54) is 12.1 Å². The number of pyridine rings is 1. The summed E-state index contributed by atoms with van der Waals surface area (Å²) in [6.07, 6.45) is -3.24. The van der Waals surface area contributed by atoms with Crippen molar-refractivity contribution in [2.75, 3.05) is 6.61 Å². The van der Waals surface area contributed by atoms with Gasteiger partial charge in [-0.05, 0) is 47.3 Å². The van der Waals surface area contributed by atoms with Gasteiger partial charge in [-0.3, -0.25) is 0 Å². The third kappa shape index (κ3) is 5.75. The second-order valence-corrected chi connectivity index (χ2v) is 6.39. The van der Waals surface area contributed by atoms with Gasteiger partial charge >= 0.3 is 6.09 Å². The van der Waals surface area contributed by atoms with Gasteiger partial charge in [-0.15, -0.1) is 0 Å². The highest BCUT2D eigenvalue weighted by molar-refractivity contribution is 9.10. The maximum atomic E-state index is 13.0. The molecule has 1 aromatic heterocycles. The number of amides is 1. The minimum atomic E-state index is -2.78. The van der Waals surface area contributed by atoms with E-state index < -0.39 is 23.8 Å². The minimum absolute atomic E-state index is 0.0544. The molecule has 0 aromatic carbocycles. The fourth-order valence-electron chi connectivity index (χ4n) is 2.18. The lowest BCUT2D eigenvalue weighted by Gasteiger charge is -2.30. The molecular weight excluding hydrogens is 362 g/mol. The predicted octanol–water partition coefficient (Wildman–Crippen LogP) is 4.06. The van der Waals surface area contributed by atoms with Crippen LogP contribution < -0.4 is 10.5 Å². The normalized spacial score (nSPS) is 14.0. The third-order valence-electron chi connectivity index (χ3n) is 2.78. The van der Waals surface area contributed by atoms with Crippen molar-refractivity contribution >= 4 is 22.0 Å². The molecule has 0 fully saturated rings. The van der Waals surface area contributed by atoms with Gasteiger partial charge in [-0.25, -0.2) is 18.6 Å². The van der Waals surface area contributed by atoms with Crippen LogP contribution in [0.3, 0.4) is 0 Å². The van der Waals surface area contributed by atoms with Gasteiger partial charge in [0.15, 0.2) is 0 Å². The summed E-state index contributed by atoms with van der Waals surface area (Å²) in [5.74, 6) is 0.145. The van der Waals surface area contributed by atoms with E-state index in [9.17, 15) is 13.6 Å². The van der Waals surface area contributed by atoms with Gasteiger partial charge in [0.1, 0.15) is 28.3 Å². The minimum Gasteiger partial charge on any atom is -0.487 e. The van der Waals surface area contributed by atoms with E-state index in [2.05, 4.69) is 20.9 Å². The van der Waals surface area contributed by atoms with Crippen LogP contribution in [-0.2, 0) is 4.74 Å². The lowest BCUT2D eigenvalue weighted by molar-refractivity contribution is -0.0197. The molecule has 124 valence electrons. The number of carbonyl (C=O) groups is 1. The van der Waals surface area contributed by atoms with Crippen molar-refractivity contribution in [3.8, 4) is 5.75 Å². The Balaban J connectivity index is 2.91. The summed E-state index contributed by atoms with van der Waals surface area (Å²) in [5, 5.41) is 0. The van der Waals surface area contributed by atoms with Crippen LogP contribution >= 0.6 is 15.9 Å². The van der Waals surface area contributed by atoms with Crippen LogP contribution in [0.25, 0.3) is 0 Å². The number of halogens is 3. The lowest BCUT2D eigenvalue weighted by atomic mass is 9.95. The number of aromatic nitrogens is 1. The number of nitrogens with two attached hydrogens (primary N) is 1. The van der Waals surface area contributed by atoms with Crippen molar-refractivity contribution < 1.29 is 23.0 Å². The summed E-state index contributed by atoms with van der Waals surface area (Å²) in [7, 11) is 0. The lowest BCUT2D eigenvalue weighted by Crippen LogP contribution is -2.41. The van der Waals surface area contributed by atoms with Crippen molar-refractivity contribution in [1.29, 1.82) is 0 Å². The molecule has 8 heteroatoms. The summed E-state index contributed by atoms with van der Waals surface area (Å²) in [4.78, 5) is 14.7. The van der Waals surface area contributed by atoms with Gasteiger partial charge in [0.2, 0.25) is 0 Å². The van der Waals surface area contributed by atoms with Crippen LogP contribution in [0.2, 0.25) is 0 Å². The zero-order valence-electron chi connectivity index (χ0n) is 12.6. The van der Waals surface area contributed by atoms with Crippen molar-refractivity contribution in [1.82, 2.24) is 4.98 Å². The molecule has 0 radical (unpaired) electrons. The second-order valence-electron chi connectivity index (χ2n) is 5.58. The number of nitrogens with zero attached hydrogens (tertiary/aromatic N) is 1. The number of rotatable bonds is 7. The highest BCUT2D eigenvalue weighted by Crippen LogP contribution is 2.30. The van der Waals surface area contributed by atoms with Gasteiger partial charge in [-0.1, -0.05) is 13.8 Å². The molecule has 0 saturated carbocycles. The highest BCUT2D eigenvalue weighted by atomic mass is 79.9. The standard InChI is InChI=1S/C14H19BrF2N2O3/c1-8(2)6-14(3,22-13(18)20)7-21-9-4-5-10(15)19-11(9)12(16)17/h4-5,8,12H,6-7H2,1-3H3,(H2,18,20). The molecule has 0 aliphatic rings. The van der Waals surface area contributed by atoms with Gasteiger partial charge in [0.05, 0.1) is 0 Å². The molecule has 0 aliphatic heterocycles. The molecule has 2 N–H and O–H groups in total. The molecule has 1 atom stereocenters. The molecule has 1 unspecified atom stereocenters. The third-order valence-corrected chi connectivity index (χ3v) is 3.22. The average Bonchev–Trinajstić information content (AvgIpc) is 2.35. The number of alkyl halides is 2. The molecule has 1 amide bonds. The Morgan fingerprint density at radius 1 is 1.45 bits per heavy atom. The van der Waals surface area contributed by atoms with Crippen molar-refractivity contribution in [3.63, 3.8) is 0 Å². The fraction of sp³-hybridized carbons (Fsp3) is 0.571. The smallest absolute Gasteiger partial charge is 0.405 e. The van der Waals surface area contributed by atoms with Crippen LogP contribution in [0.15, 0.2) is 16.7 Å². The van der Waals surface area contributed by atoms with Crippen LogP contribution in [0.1, 0.15) is 39.3 Å². The Labute approximate surface area is 136 Å². The van der Waals surface area contributed by atoms with Gasteiger partial charge in [-0.2, -0.15) is 0 Å². The van der Waals surface area contributed by atoms with E-state index in [-0.39, 0.29) is 22.9 Å². The van der Waals surface area contributed by atoms with Gasteiger partial charge in [0, 0.05) is 0 Å². The van der Waals surface area contributed by atoms with Gasteiger partial charge in [0.25, 0.3) is 6.43 Å². The summed E-state index contributed by atoms with van der Waals surface area (Å²) >= 11 is 3.03. The SMILES string of the molecule is CC(C)CC(C)(COc1ccc(Br)nc1C(F)F)OC(N)=O. The summed E-state index contributed by atoms with van der Waals surface area (Å²) in [6, 6.07) is 2.88. The van der Waals surface area contributed by atoms with Crippen LogP contribution in [0, 0.1) is 5.92 Å². The number of hydrogen-bond donors (Lipinski definition) is 1. The largest absolute Gasteiger partial charge is 0.487 e. The molecule has 1 rings (SSSR count). The van der Waals surface area contributed by atoms with E-state index >= 15 is 0 Å². The molecule has 22 heavy (non-hydrogen) atoms. The average molecular weight is 381 g/mol. The number of primary amides is 1. The number of carbonyl (C=O) groups excluding carboxylic acids is 1. The summed E-state index contributed by atoms with van der Waals surface area (Å²) < 4.78 is 36.8. The van der Waals surface area contributed by atoms with Crippen LogP contribution in [-0.4, -0.2) is 23.3 Å². The van der Waals surface area contributed by atoms with E-state index in [0.29, 0.717) is 6.42 Å². The monoisotopic (exact) mass is 380 g/mol. The Hall–Kier alpha value is -1.44. The zero-order chi connectivity index (χ0) is 16.9. The molecule has 1 heterocycles. The van der Waals surface area contributed by atoms with E-state index in [1.54, 1.807) is 6.92 Å². The highest BCUT2D eigenvalue weighted by Gasteiger charge is 2.31. The Morgan fingerprint density at radius 2 is 2.09 bits per heavy atom. The molecule has 0 aliphatic carbocycles. The van der Waals surface area contributed by atoms with Crippen molar-refractivity contribution in [2.45, 2.75) is 39.2 Å². The Morgan fingerprint density at radius 3 is 2.59 bits per heavy atom. The number of hydrogen-bond acceptors (Lipinski definition) is 4. The van der Waals surface area contributed by atoms with E-state index in [4.69, 9.17) is 15.2 Å². The first-order valence-electron chi connectivity index (χ1n) is 6.69. The first kappa shape index (κ1) is 18.6. The maximum absolute atomic E-state index is 13.0. The van der Waals surface area contributed by atoms with Crippen LogP contribution in [0.4, 0.5) is 13.6 Å². The van der Waals surface area contributed by atoms with Gasteiger partial charge < -0.3 is 15.2 Å². The predicted molar refractivity (Wildman–Crippen MR) is 80.9 cm³/mol. The second kappa shape index (κ2) is 7.71. The van der Waals surface area contributed by atoms with Crippen LogP contribution in [0.5, 0.6) is 5.75 Å². The molecular formula is C14H19BrF2N2O3. The van der Waals surface area contributed by atoms with Crippen molar-refractivity contribution in [2.24, 2.45) is 11.7 Å². The zero-order valence-corrected chi connectivity index (χ0v) is 14.2. The molecule has 0 bridgehead atoms. The first-order valence-corrected chi connectivity index (χ1v) is 7.48. The molecule has 0 spiro atoms.